The molecule has 5 rings (SSSR count). The number of fused-ring (bicyclic) bond motifs is 2. The molecule has 3 heterocycles. The summed E-state index contributed by atoms with van der Waals surface area (Å²) in [4.78, 5) is 22.6. The number of aromatic nitrogens is 3. The molecule has 1 saturated carbocycles. The Morgan fingerprint density at radius 1 is 1.15 bits per heavy atom. The normalized spacial score (nSPS) is 22.0. The van der Waals surface area contributed by atoms with Crippen molar-refractivity contribution >= 4 is 28.6 Å². The fourth-order valence-corrected chi connectivity index (χ4v) is 5.59. The largest absolute Gasteiger partial charge is 0.338 e. The monoisotopic (exact) mass is 460 g/mol. The van der Waals surface area contributed by atoms with E-state index in [1.54, 1.807) is 6.20 Å². The van der Waals surface area contributed by atoms with Gasteiger partial charge in [-0.15, -0.1) is 0 Å². The minimum absolute atomic E-state index is 0.110. The third-order valence-corrected chi connectivity index (χ3v) is 7.82. The number of aliphatic imine (C=N–C) groups is 1. The van der Waals surface area contributed by atoms with Gasteiger partial charge in [0.2, 0.25) is 0 Å². The first kappa shape index (κ1) is 22.8. The molecular formula is C27H36N6O. The number of H-pyrrole nitrogens is 1. The Bertz CT molecular complexity index is 1260. The summed E-state index contributed by atoms with van der Waals surface area (Å²) in [5.41, 5.74) is 4.48. The standard InChI is InChI=1S/C27H36N6O/c1-17(2)18(3)32-15-20-9-10-22(13-21(20)16-32)30-26-25-24(11-12-29-27(25)34)33(31-26)23-8-6-5-7-19(23)14-28-4/h9-14,17-19,23H,5-8,15-16H2,1-4H3,(H,29,34)(H,30,31)/t18-,19-,23+/m1/s1. The quantitative estimate of drug-likeness (QED) is 0.492. The van der Waals surface area contributed by atoms with E-state index in [2.05, 4.69) is 70.1 Å². The highest BCUT2D eigenvalue weighted by Crippen LogP contribution is 2.37. The van der Waals surface area contributed by atoms with Crippen LogP contribution in [-0.2, 0) is 13.1 Å². The number of hydrogen-bond donors (Lipinski definition) is 2. The molecule has 1 aliphatic carbocycles. The van der Waals surface area contributed by atoms with Gasteiger partial charge in [-0.3, -0.25) is 14.4 Å². The van der Waals surface area contributed by atoms with Crippen molar-refractivity contribution < 1.29 is 0 Å². The Balaban J connectivity index is 1.48. The zero-order valence-corrected chi connectivity index (χ0v) is 20.7. The first-order valence-corrected chi connectivity index (χ1v) is 12.6. The molecular weight excluding hydrogens is 424 g/mol. The predicted molar refractivity (Wildman–Crippen MR) is 139 cm³/mol. The highest BCUT2D eigenvalue weighted by atomic mass is 16.1. The number of nitrogens with zero attached hydrogens (tertiary/aromatic N) is 4. The molecule has 0 saturated heterocycles. The van der Waals surface area contributed by atoms with Gasteiger partial charge in [0.05, 0.1) is 11.6 Å². The Labute approximate surface area is 201 Å². The van der Waals surface area contributed by atoms with Crippen LogP contribution in [-0.4, -0.2) is 39.0 Å². The lowest BCUT2D eigenvalue weighted by atomic mass is 9.85. The number of pyridine rings is 1. The van der Waals surface area contributed by atoms with Crippen molar-refractivity contribution in [2.45, 2.75) is 71.6 Å². The summed E-state index contributed by atoms with van der Waals surface area (Å²) in [6, 6.07) is 9.26. The van der Waals surface area contributed by atoms with Gasteiger partial charge in [0.15, 0.2) is 5.82 Å². The summed E-state index contributed by atoms with van der Waals surface area (Å²) in [5.74, 6) is 1.58. The first-order valence-electron chi connectivity index (χ1n) is 12.6. The third-order valence-electron chi connectivity index (χ3n) is 7.82. The summed E-state index contributed by atoms with van der Waals surface area (Å²) >= 11 is 0. The molecule has 7 nitrogen and oxygen atoms in total. The maximum absolute atomic E-state index is 12.9. The molecule has 34 heavy (non-hydrogen) atoms. The minimum atomic E-state index is -0.110. The number of benzene rings is 1. The fraction of sp³-hybridized carbons (Fsp3) is 0.519. The summed E-state index contributed by atoms with van der Waals surface area (Å²) in [6.07, 6.45) is 8.30. The first-order chi connectivity index (χ1) is 16.5. The van der Waals surface area contributed by atoms with Crippen molar-refractivity contribution in [2.24, 2.45) is 16.8 Å². The van der Waals surface area contributed by atoms with Crippen LogP contribution >= 0.6 is 0 Å². The van der Waals surface area contributed by atoms with E-state index < -0.39 is 0 Å². The number of rotatable bonds is 6. The molecule has 0 unspecified atom stereocenters. The predicted octanol–water partition coefficient (Wildman–Crippen LogP) is 5.26. The van der Waals surface area contributed by atoms with Crippen molar-refractivity contribution in [2.75, 3.05) is 12.4 Å². The van der Waals surface area contributed by atoms with Gasteiger partial charge >= 0.3 is 0 Å². The molecule has 0 amide bonds. The lowest BCUT2D eigenvalue weighted by Crippen LogP contribution is -2.32. The van der Waals surface area contributed by atoms with Gasteiger partial charge in [-0.2, -0.15) is 5.10 Å². The number of hydrogen-bond acceptors (Lipinski definition) is 5. The minimum Gasteiger partial charge on any atom is -0.338 e. The molecule has 180 valence electrons. The summed E-state index contributed by atoms with van der Waals surface area (Å²) in [7, 11) is 1.83. The van der Waals surface area contributed by atoms with Crippen LogP contribution in [0.3, 0.4) is 0 Å². The van der Waals surface area contributed by atoms with E-state index >= 15 is 0 Å². The Morgan fingerprint density at radius 3 is 2.74 bits per heavy atom. The number of anilines is 2. The molecule has 2 aromatic heterocycles. The molecule has 3 aromatic rings. The van der Waals surface area contributed by atoms with E-state index in [-0.39, 0.29) is 11.6 Å². The Kier molecular flexibility index (Phi) is 6.30. The van der Waals surface area contributed by atoms with Crippen LogP contribution in [0.5, 0.6) is 0 Å². The van der Waals surface area contributed by atoms with Crippen molar-refractivity contribution in [1.82, 2.24) is 19.7 Å². The fourth-order valence-electron chi connectivity index (χ4n) is 5.59. The van der Waals surface area contributed by atoms with E-state index in [4.69, 9.17) is 5.10 Å². The lowest BCUT2D eigenvalue weighted by molar-refractivity contribution is 0.170. The molecule has 1 aliphatic heterocycles. The van der Waals surface area contributed by atoms with E-state index in [9.17, 15) is 4.79 Å². The Hall–Kier alpha value is -2.93. The van der Waals surface area contributed by atoms with Gasteiger partial charge in [-0.25, -0.2) is 0 Å². The second-order valence-corrected chi connectivity index (χ2v) is 10.3. The van der Waals surface area contributed by atoms with Crippen LogP contribution in [0.25, 0.3) is 10.9 Å². The van der Waals surface area contributed by atoms with Gasteiger partial charge in [0.1, 0.15) is 5.39 Å². The third kappa shape index (κ3) is 4.17. The molecule has 2 N–H and O–H groups in total. The zero-order chi connectivity index (χ0) is 23.8. The average Bonchev–Trinajstić information content (AvgIpc) is 3.41. The number of aromatic amines is 1. The van der Waals surface area contributed by atoms with Crippen molar-refractivity contribution in [1.29, 1.82) is 0 Å². The highest BCUT2D eigenvalue weighted by molar-refractivity contribution is 5.91. The molecule has 3 atom stereocenters. The maximum Gasteiger partial charge on any atom is 0.261 e. The van der Waals surface area contributed by atoms with Gasteiger partial charge in [0, 0.05) is 50.2 Å². The smallest absolute Gasteiger partial charge is 0.261 e. The van der Waals surface area contributed by atoms with Gasteiger partial charge < -0.3 is 15.3 Å². The van der Waals surface area contributed by atoms with Crippen molar-refractivity contribution in [3.63, 3.8) is 0 Å². The van der Waals surface area contributed by atoms with Crippen LogP contribution in [0.4, 0.5) is 11.5 Å². The van der Waals surface area contributed by atoms with Crippen LogP contribution in [0.1, 0.15) is 63.6 Å². The second kappa shape index (κ2) is 9.37. The summed E-state index contributed by atoms with van der Waals surface area (Å²) in [6.45, 7) is 8.82. The molecule has 1 fully saturated rings. The molecule has 0 bridgehead atoms. The molecule has 2 aliphatic rings. The van der Waals surface area contributed by atoms with Gasteiger partial charge in [-0.05, 0) is 55.0 Å². The van der Waals surface area contributed by atoms with Crippen LogP contribution in [0.15, 0.2) is 40.2 Å². The molecule has 0 radical (unpaired) electrons. The van der Waals surface area contributed by atoms with E-state index in [1.807, 2.05) is 13.1 Å². The zero-order valence-electron chi connectivity index (χ0n) is 20.7. The van der Waals surface area contributed by atoms with Crippen molar-refractivity contribution in [3.8, 4) is 0 Å². The van der Waals surface area contributed by atoms with Crippen LogP contribution in [0.2, 0.25) is 0 Å². The lowest BCUT2D eigenvalue weighted by Gasteiger charge is -2.29. The SMILES string of the molecule is CN=C[C@H]1CCCC[C@@H]1n1nc(Nc2ccc3c(c2)CN([C@H](C)C(C)C)C3)c2c(=O)[nH]ccc21. The summed E-state index contributed by atoms with van der Waals surface area (Å²) in [5, 5.41) is 9.08. The van der Waals surface area contributed by atoms with Gasteiger partial charge in [0.25, 0.3) is 5.56 Å². The molecule has 7 heteroatoms. The maximum atomic E-state index is 12.9. The Morgan fingerprint density at radius 2 is 1.94 bits per heavy atom. The average molecular weight is 461 g/mol. The topological polar surface area (TPSA) is 78.3 Å². The molecule has 1 aromatic carbocycles. The van der Waals surface area contributed by atoms with Gasteiger partial charge in [-0.1, -0.05) is 32.8 Å². The highest BCUT2D eigenvalue weighted by Gasteiger charge is 2.29. The van der Waals surface area contributed by atoms with Crippen LogP contribution < -0.4 is 10.9 Å². The van der Waals surface area contributed by atoms with Crippen LogP contribution in [0, 0.1) is 11.8 Å². The van der Waals surface area contributed by atoms with Crippen molar-refractivity contribution in [3.05, 3.63) is 51.9 Å². The summed E-state index contributed by atoms with van der Waals surface area (Å²) < 4.78 is 2.07. The second-order valence-electron chi connectivity index (χ2n) is 10.3. The number of nitrogens with one attached hydrogen (secondary N) is 2. The van der Waals surface area contributed by atoms with E-state index in [1.165, 1.54) is 24.0 Å². The molecule has 0 spiro atoms. The van der Waals surface area contributed by atoms with E-state index in [0.717, 1.165) is 37.1 Å². The van der Waals surface area contributed by atoms with E-state index in [0.29, 0.717) is 29.1 Å².